The number of fused-ring (bicyclic) bond motifs is 1. The molecule has 0 N–H and O–H groups in total. The van der Waals surface area contributed by atoms with E-state index >= 15 is 0 Å². The maximum atomic E-state index is 13.4. The maximum Gasteiger partial charge on any atom is 0.263 e. The third kappa shape index (κ3) is 4.52. The van der Waals surface area contributed by atoms with Gasteiger partial charge in [-0.3, -0.25) is 9.59 Å². The second-order valence-corrected chi connectivity index (χ2v) is 9.96. The van der Waals surface area contributed by atoms with Gasteiger partial charge in [-0.2, -0.15) is 0 Å². The van der Waals surface area contributed by atoms with E-state index in [4.69, 9.17) is 4.74 Å². The van der Waals surface area contributed by atoms with Crippen LogP contribution < -0.4 is 4.74 Å². The molecule has 2 amide bonds. The minimum atomic E-state index is -0.530. The Hall–Kier alpha value is -2.82. The molecule has 32 heavy (non-hydrogen) atoms. The third-order valence-electron chi connectivity index (χ3n) is 6.44. The van der Waals surface area contributed by atoms with Gasteiger partial charge in [0, 0.05) is 25.0 Å². The molecule has 0 bridgehead atoms. The third-order valence-corrected chi connectivity index (χ3v) is 6.44. The van der Waals surface area contributed by atoms with Crippen molar-refractivity contribution in [2.24, 2.45) is 5.41 Å². The van der Waals surface area contributed by atoms with Gasteiger partial charge in [-0.1, -0.05) is 57.2 Å². The predicted octanol–water partition coefficient (Wildman–Crippen LogP) is 4.60. The normalized spacial score (nSPS) is 19.4. The van der Waals surface area contributed by atoms with E-state index in [-0.39, 0.29) is 17.9 Å². The van der Waals surface area contributed by atoms with Crippen molar-refractivity contribution in [2.45, 2.75) is 59.1 Å². The van der Waals surface area contributed by atoms with Crippen LogP contribution in [0.2, 0.25) is 0 Å². The fraction of sp³-hybridized carbons (Fsp3) is 0.481. The van der Waals surface area contributed by atoms with Crippen molar-refractivity contribution < 1.29 is 14.3 Å². The zero-order valence-corrected chi connectivity index (χ0v) is 19.6. The maximum absolute atomic E-state index is 13.4. The van der Waals surface area contributed by atoms with Crippen molar-refractivity contribution in [3.8, 4) is 5.75 Å². The Balaban J connectivity index is 1.66. The van der Waals surface area contributed by atoms with Gasteiger partial charge in [-0.05, 0) is 55.0 Å². The lowest BCUT2D eigenvalue weighted by Crippen LogP contribution is -2.45. The van der Waals surface area contributed by atoms with E-state index in [0.717, 1.165) is 43.5 Å². The summed E-state index contributed by atoms with van der Waals surface area (Å²) in [4.78, 5) is 30.0. The standard InChI is InChI=1S/C27H34N2O3/c1-19(25(30)28-15-8-9-16-28)32-22-13-12-20-14-17-29(26(31)27(2,3)4)24(23(20)18-22)21-10-6-5-7-11-21/h5-7,10-13,18-19,24H,8-9,14-17H2,1-4H3. The summed E-state index contributed by atoms with van der Waals surface area (Å²) >= 11 is 0. The van der Waals surface area contributed by atoms with Crippen LogP contribution in [0.4, 0.5) is 0 Å². The van der Waals surface area contributed by atoms with Gasteiger partial charge in [0.15, 0.2) is 6.10 Å². The Morgan fingerprint density at radius 3 is 2.34 bits per heavy atom. The summed E-state index contributed by atoms with van der Waals surface area (Å²) in [5.74, 6) is 0.861. The number of carbonyl (C=O) groups excluding carboxylic acids is 2. The minimum Gasteiger partial charge on any atom is -0.481 e. The Labute approximate surface area is 191 Å². The van der Waals surface area contributed by atoms with Gasteiger partial charge in [0.25, 0.3) is 5.91 Å². The molecule has 2 aliphatic rings. The molecule has 1 saturated heterocycles. The first-order valence-electron chi connectivity index (χ1n) is 11.7. The van der Waals surface area contributed by atoms with Crippen molar-refractivity contribution in [3.63, 3.8) is 0 Å². The highest BCUT2D eigenvalue weighted by atomic mass is 16.5. The number of rotatable bonds is 4. The molecule has 0 aromatic heterocycles. The van der Waals surface area contributed by atoms with E-state index < -0.39 is 11.5 Å². The summed E-state index contributed by atoms with van der Waals surface area (Å²) in [5.41, 5.74) is 2.93. The first-order chi connectivity index (χ1) is 15.3. The summed E-state index contributed by atoms with van der Waals surface area (Å²) in [5, 5.41) is 0. The molecule has 5 nitrogen and oxygen atoms in total. The Bertz CT molecular complexity index is 974. The van der Waals surface area contributed by atoms with Crippen molar-refractivity contribution in [3.05, 3.63) is 65.2 Å². The Morgan fingerprint density at radius 2 is 1.69 bits per heavy atom. The molecule has 170 valence electrons. The molecule has 2 heterocycles. The topological polar surface area (TPSA) is 49.9 Å². The fourth-order valence-electron chi connectivity index (χ4n) is 4.76. The fourth-order valence-corrected chi connectivity index (χ4v) is 4.76. The number of hydrogen-bond donors (Lipinski definition) is 0. The second-order valence-electron chi connectivity index (χ2n) is 9.96. The van der Waals surface area contributed by atoms with E-state index in [0.29, 0.717) is 12.3 Å². The largest absolute Gasteiger partial charge is 0.481 e. The van der Waals surface area contributed by atoms with Crippen LogP contribution in [0.25, 0.3) is 0 Å². The van der Waals surface area contributed by atoms with E-state index in [2.05, 4.69) is 18.2 Å². The van der Waals surface area contributed by atoms with Crippen molar-refractivity contribution in [1.82, 2.24) is 9.80 Å². The van der Waals surface area contributed by atoms with Gasteiger partial charge in [0.05, 0.1) is 6.04 Å². The lowest BCUT2D eigenvalue weighted by Gasteiger charge is -2.41. The average molecular weight is 435 g/mol. The molecule has 1 fully saturated rings. The van der Waals surface area contributed by atoms with Crippen LogP contribution in [-0.4, -0.2) is 47.4 Å². The monoisotopic (exact) mass is 434 g/mol. The number of likely N-dealkylation sites (tertiary alicyclic amines) is 1. The zero-order valence-electron chi connectivity index (χ0n) is 19.6. The lowest BCUT2D eigenvalue weighted by molar-refractivity contribution is -0.141. The first-order valence-corrected chi connectivity index (χ1v) is 11.7. The van der Waals surface area contributed by atoms with E-state index in [1.165, 1.54) is 5.56 Å². The van der Waals surface area contributed by atoms with Gasteiger partial charge in [0.1, 0.15) is 5.75 Å². The zero-order chi connectivity index (χ0) is 22.9. The summed E-state index contributed by atoms with van der Waals surface area (Å²) in [7, 11) is 0. The molecule has 2 atom stereocenters. The van der Waals surface area contributed by atoms with E-state index in [1.807, 2.05) is 67.8 Å². The quantitative estimate of drug-likeness (QED) is 0.707. The van der Waals surface area contributed by atoms with Crippen molar-refractivity contribution in [2.75, 3.05) is 19.6 Å². The van der Waals surface area contributed by atoms with Crippen LogP contribution in [0.5, 0.6) is 5.75 Å². The van der Waals surface area contributed by atoms with Gasteiger partial charge >= 0.3 is 0 Å². The van der Waals surface area contributed by atoms with Crippen LogP contribution >= 0.6 is 0 Å². The second kappa shape index (κ2) is 8.97. The molecule has 0 aliphatic carbocycles. The highest BCUT2D eigenvalue weighted by molar-refractivity contribution is 5.83. The SMILES string of the molecule is CC(Oc1ccc2c(c1)C(c1ccccc1)N(C(=O)C(C)(C)C)CC2)C(=O)N1CCCC1. The highest BCUT2D eigenvalue weighted by Gasteiger charge is 2.37. The number of nitrogens with zero attached hydrogens (tertiary/aromatic N) is 2. The number of amides is 2. The van der Waals surface area contributed by atoms with Crippen LogP contribution in [0.3, 0.4) is 0 Å². The Morgan fingerprint density at radius 1 is 1.00 bits per heavy atom. The number of carbonyl (C=O) groups is 2. The van der Waals surface area contributed by atoms with Crippen LogP contribution in [-0.2, 0) is 16.0 Å². The molecule has 0 radical (unpaired) electrons. The molecule has 2 aliphatic heterocycles. The molecular weight excluding hydrogens is 400 g/mol. The van der Waals surface area contributed by atoms with Crippen LogP contribution in [0.1, 0.15) is 63.3 Å². The molecule has 0 saturated carbocycles. The van der Waals surface area contributed by atoms with Gasteiger partial charge in [-0.25, -0.2) is 0 Å². The van der Waals surface area contributed by atoms with Crippen LogP contribution in [0, 0.1) is 5.41 Å². The summed E-state index contributed by atoms with van der Waals surface area (Å²) < 4.78 is 6.11. The molecule has 0 spiro atoms. The van der Waals surface area contributed by atoms with E-state index in [1.54, 1.807) is 0 Å². The first kappa shape index (κ1) is 22.4. The lowest BCUT2D eigenvalue weighted by atomic mass is 9.85. The predicted molar refractivity (Wildman–Crippen MR) is 126 cm³/mol. The summed E-state index contributed by atoms with van der Waals surface area (Å²) in [6.45, 7) is 10.1. The molecule has 4 rings (SSSR count). The molecule has 5 heteroatoms. The summed E-state index contributed by atoms with van der Waals surface area (Å²) in [6, 6.07) is 16.1. The highest BCUT2D eigenvalue weighted by Crippen LogP contribution is 2.39. The molecule has 2 aromatic rings. The van der Waals surface area contributed by atoms with Crippen LogP contribution in [0.15, 0.2) is 48.5 Å². The number of hydrogen-bond acceptors (Lipinski definition) is 3. The molecule has 2 aromatic carbocycles. The number of ether oxygens (including phenoxy) is 1. The van der Waals surface area contributed by atoms with Gasteiger partial charge in [-0.15, -0.1) is 0 Å². The van der Waals surface area contributed by atoms with Gasteiger partial charge in [0.2, 0.25) is 5.91 Å². The smallest absolute Gasteiger partial charge is 0.263 e. The van der Waals surface area contributed by atoms with Crippen molar-refractivity contribution >= 4 is 11.8 Å². The molecule has 2 unspecified atom stereocenters. The number of benzene rings is 2. The Kier molecular flexibility index (Phi) is 6.27. The molecular formula is C27H34N2O3. The minimum absolute atomic E-state index is 0.0457. The average Bonchev–Trinajstić information content (AvgIpc) is 3.32. The van der Waals surface area contributed by atoms with Crippen molar-refractivity contribution in [1.29, 1.82) is 0 Å². The summed E-state index contributed by atoms with van der Waals surface area (Å²) in [6.07, 6.45) is 2.40. The van der Waals surface area contributed by atoms with Gasteiger partial charge < -0.3 is 14.5 Å². The van der Waals surface area contributed by atoms with E-state index in [9.17, 15) is 9.59 Å².